The molecular weight excluding hydrogens is 544 g/mol. The van der Waals surface area contributed by atoms with Gasteiger partial charge in [-0.3, -0.25) is 4.79 Å². The van der Waals surface area contributed by atoms with Gasteiger partial charge in [-0.25, -0.2) is 4.79 Å². The van der Waals surface area contributed by atoms with E-state index in [9.17, 15) is 45.3 Å². The van der Waals surface area contributed by atoms with Crippen LogP contribution in [0, 0.1) is 0 Å². The first kappa shape index (κ1) is 27.7. The van der Waals surface area contributed by atoms with Crippen molar-refractivity contribution in [3.8, 4) is 40.1 Å². The Morgan fingerprint density at radius 3 is 2.29 bits per heavy atom. The summed E-state index contributed by atoms with van der Waals surface area (Å²) in [6, 6.07) is 13.0. The summed E-state index contributed by atoms with van der Waals surface area (Å²) in [5.41, 5.74) is -1.19. The Hall–Kier alpha value is -4.82. The van der Waals surface area contributed by atoms with Gasteiger partial charge in [-0.05, 0) is 30.3 Å². The molecule has 5 atom stereocenters. The maximum atomic E-state index is 13.7. The van der Waals surface area contributed by atoms with E-state index in [4.69, 9.17) is 18.6 Å². The topological polar surface area (TPSA) is 217 Å². The highest BCUT2D eigenvalue weighted by atomic mass is 16.7. The number of carbonyl (C=O) groups excluding carboxylic acids is 1. The second kappa shape index (κ2) is 11.0. The van der Waals surface area contributed by atoms with E-state index in [-0.39, 0.29) is 22.5 Å². The fourth-order valence-electron chi connectivity index (χ4n) is 4.39. The molecule has 1 aromatic heterocycles. The monoisotopic (exact) mass is 568 g/mol. The molecule has 41 heavy (non-hydrogen) atoms. The molecule has 1 aliphatic heterocycles. The molecule has 4 aromatic rings. The molecule has 0 radical (unpaired) electrons. The van der Waals surface area contributed by atoms with Crippen LogP contribution in [0.4, 0.5) is 0 Å². The fraction of sp³-hybridized carbons (Fsp3) is 0.214. The quantitative estimate of drug-likeness (QED) is 0.129. The van der Waals surface area contributed by atoms with Crippen LogP contribution in [-0.2, 0) is 9.47 Å². The lowest BCUT2D eigenvalue weighted by molar-refractivity contribution is -0.276. The summed E-state index contributed by atoms with van der Waals surface area (Å²) >= 11 is 0. The number of benzene rings is 3. The van der Waals surface area contributed by atoms with Crippen LogP contribution in [0.5, 0.6) is 28.7 Å². The van der Waals surface area contributed by atoms with Crippen LogP contribution in [0.1, 0.15) is 10.4 Å². The summed E-state index contributed by atoms with van der Waals surface area (Å²) < 4.78 is 22.6. The summed E-state index contributed by atoms with van der Waals surface area (Å²) in [4.78, 5) is 26.5. The van der Waals surface area contributed by atoms with Gasteiger partial charge in [-0.2, -0.15) is 0 Å². The SMILES string of the molecule is O=C(O[C@H]1[C@H](Oc2c(-c3ccc(O)c(O)c3)oc3cc(O)cc(O)c3c2=O)O[C@H](CO)[C@@H](O)[C@@H]1O)c1ccccc1. The van der Waals surface area contributed by atoms with Gasteiger partial charge in [0.05, 0.1) is 12.2 Å². The Balaban J connectivity index is 1.64. The number of rotatable bonds is 6. The van der Waals surface area contributed by atoms with Crippen molar-refractivity contribution in [2.45, 2.75) is 30.7 Å². The van der Waals surface area contributed by atoms with E-state index in [0.29, 0.717) is 0 Å². The van der Waals surface area contributed by atoms with E-state index < -0.39 is 82.8 Å². The number of phenolic OH excluding ortho intramolecular Hbond substituents is 4. The molecule has 214 valence electrons. The first-order valence-corrected chi connectivity index (χ1v) is 12.2. The van der Waals surface area contributed by atoms with Crippen LogP contribution >= 0.6 is 0 Å². The van der Waals surface area contributed by atoms with Crippen molar-refractivity contribution in [2.24, 2.45) is 0 Å². The molecule has 1 aliphatic rings. The van der Waals surface area contributed by atoms with E-state index in [0.717, 1.165) is 24.3 Å². The Kier molecular flexibility index (Phi) is 7.43. The van der Waals surface area contributed by atoms with Crippen molar-refractivity contribution >= 4 is 16.9 Å². The van der Waals surface area contributed by atoms with Gasteiger partial charge in [-0.15, -0.1) is 0 Å². The van der Waals surface area contributed by atoms with E-state index in [2.05, 4.69) is 0 Å². The summed E-state index contributed by atoms with van der Waals surface area (Å²) in [6.45, 7) is -0.789. The largest absolute Gasteiger partial charge is 0.508 e. The number of esters is 1. The normalized spacial score (nSPS) is 22.4. The maximum absolute atomic E-state index is 13.7. The summed E-state index contributed by atoms with van der Waals surface area (Å²) in [5.74, 6) is -4.13. The molecule has 0 amide bonds. The lowest BCUT2D eigenvalue weighted by Crippen LogP contribution is -2.61. The molecule has 13 nitrogen and oxygen atoms in total. The molecule has 7 N–H and O–H groups in total. The molecule has 0 aliphatic carbocycles. The second-order valence-corrected chi connectivity index (χ2v) is 9.19. The predicted octanol–water partition coefficient (Wildman–Crippen LogP) is 1.33. The van der Waals surface area contributed by atoms with E-state index in [1.54, 1.807) is 18.2 Å². The molecule has 0 unspecified atom stereocenters. The number of hydrogen-bond acceptors (Lipinski definition) is 13. The average Bonchev–Trinajstić information content (AvgIpc) is 2.95. The van der Waals surface area contributed by atoms with E-state index >= 15 is 0 Å². The number of ether oxygens (including phenoxy) is 3. The number of aliphatic hydroxyl groups is 3. The highest BCUT2D eigenvalue weighted by Crippen LogP contribution is 2.39. The molecular formula is C28H24O13. The standard InChI is InChI=1S/C28H24O13/c29-11-19-21(34)23(36)26(40-27(37)12-4-2-1-3-5-12)28(39-19)41-25-22(35)20-17(33)9-14(30)10-18(20)38-24(25)13-6-7-15(31)16(32)8-13/h1-10,19,21,23,26,28-34,36H,11H2/t19-,21-,23+,26-,28+/m1/s1. The number of carbonyl (C=O) groups is 1. The number of aromatic hydroxyl groups is 4. The van der Waals surface area contributed by atoms with Crippen LogP contribution in [0.3, 0.4) is 0 Å². The highest BCUT2D eigenvalue weighted by Gasteiger charge is 2.48. The van der Waals surface area contributed by atoms with Gasteiger partial charge in [0.25, 0.3) is 0 Å². The van der Waals surface area contributed by atoms with Crippen molar-refractivity contribution in [2.75, 3.05) is 6.61 Å². The van der Waals surface area contributed by atoms with Crippen LogP contribution < -0.4 is 10.2 Å². The molecule has 0 bridgehead atoms. The minimum absolute atomic E-state index is 0.00920. The van der Waals surface area contributed by atoms with Crippen molar-refractivity contribution in [3.63, 3.8) is 0 Å². The third-order valence-electron chi connectivity index (χ3n) is 6.47. The van der Waals surface area contributed by atoms with Gasteiger partial charge in [0.2, 0.25) is 17.5 Å². The number of fused-ring (bicyclic) bond motifs is 1. The average molecular weight is 568 g/mol. The van der Waals surface area contributed by atoms with Crippen LogP contribution in [-0.4, -0.2) is 79.0 Å². The Labute approximate surface area is 230 Å². The minimum Gasteiger partial charge on any atom is -0.508 e. The van der Waals surface area contributed by atoms with Gasteiger partial charge in [0.15, 0.2) is 23.4 Å². The van der Waals surface area contributed by atoms with Crippen molar-refractivity contribution in [1.29, 1.82) is 0 Å². The first-order valence-electron chi connectivity index (χ1n) is 12.2. The van der Waals surface area contributed by atoms with Gasteiger partial charge in [0, 0.05) is 17.7 Å². The Morgan fingerprint density at radius 2 is 1.61 bits per heavy atom. The maximum Gasteiger partial charge on any atom is 0.338 e. The highest BCUT2D eigenvalue weighted by molar-refractivity contribution is 5.90. The molecule has 1 saturated heterocycles. The molecule has 3 aromatic carbocycles. The minimum atomic E-state index is -1.85. The third kappa shape index (κ3) is 5.21. The van der Waals surface area contributed by atoms with Crippen LogP contribution in [0.2, 0.25) is 0 Å². The summed E-state index contributed by atoms with van der Waals surface area (Å²) in [6.07, 6.45) is -8.56. The zero-order valence-corrected chi connectivity index (χ0v) is 20.9. The van der Waals surface area contributed by atoms with Gasteiger partial charge >= 0.3 is 5.97 Å². The van der Waals surface area contributed by atoms with E-state index in [1.165, 1.54) is 18.2 Å². The van der Waals surface area contributed by atoms with Crippen molar-refractivity contribution in [1.82, 2.24) is 0 Å². The zero-order valence-electron chi connectivity index (χ0n) is 20.9. The van der Waals surface area contributed by atoms with Crippen molar-refractivity contribution in [3.05, 3.63) is 76.5 Å². The smallest absolute Gasteiger partial charge is 0.338 e. The lowest BCUT2D eigenvalue weighted by atomic mass is 9.99. The molecule has 1 fully saturated rings. The summed E-state index contributed by atoms with van der Waals surface area (Å²) in [5, 5.41) is 70.7. The zero-order chi connectivity index (χ0) is 29.4. The van der Waals surface area contributed by atoms with Crippen LogP contribution in [0.15, 0.2) is 69.9 Å². The Morgan fingerprint density at radius 1 is 0.878 bits per heavy atom. The number of aliphatic hydroxyl groups excluding tert-OH is 3. The molecule has 0 spiro atoms. The lowest BCUT2D eigenvalue weighted by Gasteiger charge is -2.41. The van der Waals surface area contributed by atoms with Crippen LogP contribution in [0.25, 0.3) is 22.3 Å². The Bertz CT molecular complexity index is 1650. The van der Waals surface area contributed by atoms with Gasteiger partial charge in [-0.1, -0.05) is 18.2 Å². The summed E-state index contributed by atoms with van der Waals surface area (Å²) in [7, 11) is 0. The van der Waals surface area contributed by atoms with Gasteiger partial charge < -0.3 is 54.4 Å². The van der Waals surface area contributed by atoms with Gasteiger partial charge in [0.1, 0.15) is 40.8 Å². The molecule has 13 heteroatoms. The second-order valence-electron chi connectivity index (χ2n) is 9.19. The fourth-order valence-corrected chi connectivity index (χ4v) is 4.39. The molecule has 5 rings (SSSR count). The number of phenols is 4. The predicted molar refractivity (Wildman–Crippen MR) is 139 cm³/mol. The molecule has 0 saturated carbocycles. The van der Waals surface area contributed by atoms with Crippen molar-refractivity contribution < 1.29 is 59.2 Å². The number of hydrogen-bond donors (Lipinski definition) is 7. The van der Waals surface area contributed by atoms with E-state index in [1.807, 2.05) is 0 Å². The molecule has 2 heterocycles. The first-order chi connectivity index (χ1) is 19.6. The third-order valence-corrected chi connectivity index (χ3v) is 6.47.